The van der Waals surface area contributed by atoms with Gasteiger partial charge in [-0.05, 0) is 57.5 Å². The largest absolute Gasteiger partial charge is 0.473 e. The first-order valence-corrected chi connectivity index (χ1v) is 13.6. The van der Waals surface area contributed by atoms with Crippen molar-refractivity contribution >= 4 is 22.9 Å². The number of pyridine rings is 1. The molecule has 1 aliphatic heterocycles. The van der Waals surface area contributed by atoms with E-state index in [1.54, 1.807) is 6.07 Å². The molecule has 202 valence electrons. The van der Waals surface area contributed by atoms with Crippen molar-refractivity contribution < 1.29 is 19.1 Å². The molecule has 9 nitrogen and oxygen atoms in total. The summed E-state index contributed by atoms with van der Waals surface area (Å²) >= 11 is 0. The smallest absolute Gasteiger partial charge is 0.356 e. The highest BCUT2D eigenvalue weighted by Gasteiger charge is 2.27. The van der Waals surface area contributed by atoms with Gasteiger partial charge < -0.3 is 19.3 Å². The second kappa shape index (κ2) is 11.1. The van der Waals surface area contributed by atoms with Crippen LogP contribution in [0, 0.1) is 0 Å². The summed E-state index contributed by atoms with van der Waals surface area (Å²) in [5, 5.41) is 5.67. The minimum absolute atomic E-state index is 0.0359. The number of methoxy groups -OCH3 is 1. The van der Waals surface area contributed by atoms with Crippen LogP contribution in [-0.2, 0) is 4.74 Å². The Balaban J connectivity index is 1.59. The summed E-state index contributed by atoms with van der Waals surface area (Å²) in [6, 6.07) is 9.51. The van der Waals surface area contributed by atoms with Gasteiger partial charge in [-0.1, -0.05) is 31.4 Å². The lowest BCUT2D eigenvalue weighted by Gasteiger charge is -2.32. The second-order valence-electron chi connectivity index (χ2n) is 10.6. The Hall–Kier alpha value is -3.46. The molecule has 9 heteroatoms. The third-order valence-electron chi connectivity index (χ3n) is 7.53. The monoisotopic (exact) mass is 519 g/mol. The number of benzene rings is 1. The highest BCUT2D eigenvalue weighted by molar-refractivity contribution is 6.02. The number of ether oxygens (including phenoxy) is 2. The Morgan fingerprint density at radius 1 is 1.00 bits per heavy atom. The first-order chi connectivity index (χ1) is 18.4. The molecule has 3 heterocycles. The van der Waals surface area contributed by atoms with E-state index >= 15 is 0 Å². The van der Waals surface area contributed by atoms with Gasteiger partial charge in [-0.3, -0.25) is 4.79 Å². The van der Waals surface area contributed by atoms with Crippen LogP contribution in [0.25, 0.3) is 22.2 Å². The fourth-order valence-corrected chi connectivity index (χ4v) is 5.41. The molecule has 1 amide bonds. The molecule has 1 saturated heterocycles. The van der Waals surface area contributed by atoms with Gasteiger partial charge in [-0.25, -0.2) is 14.5 Å². The van der Waals surface area contributed by atoms with Gasteiger partial charge in [0.05, 0.1) is 24.6 Å². The molecule has 0 N–H and O–H groups in total. The fraction of sp³-hybridized carbons (Fsp3) is 0.517. The number of amides is 1. The molecule has 3 aromatic rings. The maximum absolute atomic E-state index is 13.1. The highest BCUT2D eigenvalue weighted by Crippen LogP contribution is 2.39. The van der Waals surface area contributed by atoms with Crippen LogP contribution in [0.3, 0.4) is 0 Å². The van der Waals surface area contributed by atoms with E-state index in [0.29, 0.717) is 17.1 Å². The van der Waals surface area contributed by atoms with Gasteiger partial charge in [0.25, 0.3) is 5.91 Å². The predicted octanol–water partition coefficient (Wildman–Crippen LogP) is 4.56. The van der Waals surface area contributed by atoms with E-state index in [4.69, 9.17) is 19.6 Å². The summed E-state index contributed by atoms with van der Waals surface area (Å²) in [5.41, 5.74) is 3.14. The molecule has 5 rings (SSSR count). The molecule has 0 spiro atoms. The number of fused-ring (bicyclic) bond motifs is 1. The number of nitrogens with zero attached hydrogens (tertiary/aromatic N) is 5. The van der Waals surface area contributed by atoms with Gasteiger partial charge in [-0.15, -0.1) is 5.10 Å². The van der Waals surface area contributed by atoms with Crippen LogP contribution in [0.5, 0.6) is 5.88 Å². The Morgan fingerprint density at radius 3 is 2.32 bits per heavy atom. The van der Waals surface area contributed by atoms with E-state index in [1.165, 1.54) is 13.5 Å². The summed E-state index contributed by atoms with van der Waals surface area (Å²) in [5.74, 6) is 0.0449. The molecular weight excluding hydrogens is 482 g/mol. The van der Waals surface area contributed by atoms with Gasteiger partial charge in [0.2, 0.25) is 5.88 Å². The van der Waals surface area contributed by atoms with Gasteiger partial charge >= 0.3 is 5.97 Å². The standard InChI is InChI=1S/C29H37N5O4/c1-19(2)38-27-25-23(20-10-12-21(13-11-20)28(35)33-16-14-32(3)15-17-33)18-24(29(36)37-4)30-26(25)34(31-27)22-8-6-5-7-9-22/h10-13,18-19,22H,5-9,14-17H2,1-4H3. The van der Waals surface area contributed by atoms with Crippen molar-refractivity contribution in [2.24, 2.45) is 0 Å². The lowest BCUT2D eigenvalue weighted by Crippen LogP contribution is -2.47. The van der Waals surface area contributed by atoms with E-state index < -0.39 is 5.97 Å². The predicted molar refractivity (Wildman–Crippen MR) is 146 cm³/mol. The van der Waals surface area contributed by atoms with Crippen LogP contribution >= 0.6 is 0 Å². The molecule has 0 radical (unpaired) electrons. The van der Waals surface area contributed by atoms with Crippen LogP contribution in [0.2, 0.25) is 0 Å². The molecular formula is C29H37N5O4. The number of hydrogen-bond donors (Lipinski definition) is 0. The van der Waals surface area contributed by atoms with Crippen LogP contribution in [0.4, 0.5) is 0 Å². The zero-order valence-corrected chi connectivity index (χ0v) is 22.8. The normalized spacial score (nSPS) is 17.2. The molecule has 1 aliphatic carbocycles. The van der Waals surface area contributed by atoms with Crippen molar-refractivity contribution in [3.63, 3.8) is 0 Å². The zero-order valence-electron chi connectivity index (χ0n) is 22.8. The van der Waals surface area contributed by atoms with E-state index in [-0.39, 0.29) is 23.7 Å². The van der Waals surface area contributed by atoms with E-state index in [2.05, 4.69) is 11.9 Å². The summed E-state index contributed by atoms with van der Waals surface area (Å²) in [6.07, 6.45) is 5.44. The van der Waals surface area contributed by atoms with Crippen molar-refractivity contribution in [1.82, 2.24) is 24.6 Å². The highest BCUT2D eigenvalue weighted by atomic mass is 16.5. The number of piperazine rings is 1. The topological polar surface area (TPSA) is 89.8 Å². The van der Waals surface area contributed by atoms with Crippen LogP contribution in [0.1, 0.15) is 72.8 Å². The number of hydrogen-bond acceptors (Lipinski definition) is 7. The lowest BCUT2D eigenvalue weighted by atomic mass is 9.95. The van der Waals surface area contributed by atoms with Crippen LogP contribution in [-0.4, -0.2) is 82.9 Å². The average molecular weight is 520 g/mol. The second-order valence-corrected chi connectivity index (χ2v) is 10.6. The number of carbonyl (C=O) groups excluding carboxylic acids is 2. The van der Waals surface area contributed by atoms with Gasteiger partial charge in [0.15, 0.2) is 11.3 Å². The number of rotatable bonds is 6. The molecule has 2 fully saturated rings. The van der Waals surface area contributed by atoms with Crippen LogP contribution < -0.4 is 4.74 Å². The lowest BCUT2D eigenvalue weighted by molar-refractivity contribution is 0.0593. The Labute approximate surface area is 223 Å². The summed E-state index contributed by atoms with van der Waals surface area (Å²) in [7, 11) is 3.43. The number of carbonyl (C=O) groups is 2. The van der Waals surface area contributed by atoms with E-state index in [1.807, 2.05) is 47.7 Å². The summed E-state index contributed by atoms with van der Waals surface area (Å²) in [6.45, 7) is 7.14. The zero-order chi connectivity index (χ0) is 26.8. The average Bonchev–Trinajstić information content (AvgIpc) is 3.30. The number of esters is 1. The van der Waals surface area contributed by atoms with Gasteiger partial charge in [0, 0.05) is 37.3 Å². The van der Waals surface area contributed by atoms with Crippen molar-refractivity contribution in [3.05, 3.63) is 41.6 Å². The Bertz CT molecular complexity index is 1300. The molecule has 2 aliphatic rings. The summed E-state index contributed by atoms with van der Waals surface area (Å²) in [4.78, 5) is 34.6. The van der Waals surface area contributed by atoms with Gasteiger partial charge in [-0.2, -0.15) is 0 Å². The van der Waals surface area contributed by atoms with Crippen molar-refractivity contribution in [2.75, 3.05) is 40.3 Å². The molecule has 38 heavy (non-hydrogen) atoms. The third-order valence-corrected chi connectivity index (χ3v) is 7.53. The van der Waals surface area contributed by atoms with Crippen LogP contribution in [0.15, 0.2) is 30.3 Å². The Morgan fingerprint density at radius 2 is 1.68 bits per heavy atom. The molecule has 1 aromatic carbocycles. The molecule has 0 atom stereocenters. The summed E-state index contributed by atoms with van der Waals surface area (Å²) < 4.78 is 13.2. The molecule has 0 unspecified atom stereocenters. The molecule has 1 saturated carbocycles. The maximum atomic E-state index is 13.1. The minimum atomic E-state index is -0.502. The van der Waals surface area contributed by atoms with Crippen molar-refractivity contribution in [3.8, 4) is 17.0 Å². The minimum Gasteiger partial charge on any atom is -0.473 e. The maximum Gasteiger partial charge on any atom is 0.356 e. The molecule has 2 aromatic heterocycles. The van der Waals surface area contributed by atoms with Crippen molar-refractivity contribution in [1.29, 1.82) is 0 Å². The quantitative estimate of drug-likeness (QED) is 0.441. The SMILES string of the molecule is COC(=O)c1cc(-c2ccc(C(=O)N3CCN(C)CC3)cc2)c2c(OC(C)C)nn(C3CCCCC3)c2n1. The first kappa shape index (κ1) is 26.2. The Kier molecular flexibility index (Phi) is 7.65. The van der Waals surface area contributed by atoms with E-state index in [0.717, 1.165) is 68.4 Å². The first-order valence-electron chi connectivity index (χ1n) is 13.6. The van der Waals surface area contributed by atoms with Gasteiger partial charge in [0.1, 0.15) is 0 Å². The third kappa shape index (κ3) is 5.25. The fourth-order valence-electron chi connectivity index (χ4n) is 5.41. The number of aromatic nitrogens is 3. The number of likely N-dealkylation sites (N-methyl/N-ethyl adjacent to an activating group) is 1. The molecule has 0 bridgehead atoms. The van der Waals surface area contributed by atoms with E-state index in [9.17, 15) is 9.59 Å². The van der Waals surface area contributed by atoms with Crippen molar-refractivity contribution in [2.45, 2.75) is 58.1 Å².